The minimum Gasteiger partial charge on any atom is -0.316 e. The van der Waals surface area contributed by atoms with E-state index in [1.165, 1.54) is 64.5 Å². The highest BCUT2D eigenvalue weighted by atomic mass is 14.9. The average Bonchev–Trinajstić information content (AvgIpc) is 3.15. The van der Waals surface area contributed by atoms with Gasteiger partial charge in [-0.1, -0.05) is 19.8 Å². The molecule has 0 saturated heterocycles. The first kappa shape index (κ1) is 11.1. The van der Waals surface area contributed by atoms with Gasteiger partial charge < -0.3 is 5.32 Å². The predicted octanol–water partition coefficient (Wildman–Crippen LogP) is 3.59. The molecule has 1 N–H and O–H groups in total. The Labute approximate surface area is 100 Å². The molecule has 0 heterocycles. The lowest BCUT2D eigenvalue weighted by Crippen LogP contribution is -2.31. The zero-order valence-corrected chi connectivity index (χ0v) is 10.8. The first-order valence-corrected chi connectivity index (χ1v) is 7.49. The van der Waals surface area contributed by atoms with Crippen molar-refractivity contribution in [2.24, 2.45) is 23.2 Å². The first-order chi connectivity index (χ1) is 7.78. The van der Waals surface area contributed by atoms with E-state index < -0.39 is 0 Å². The summed E-state index contributed by atoms with van der Waals surface area (Å²) in [5.41, 5.74) is 0.794. The highest BCUT2D eigenvalue weighted by molar-refractivity contribution is 5.05. The molecule has 16 heavy (non-hydrogen) atoms. The zero-order chi connectivity index (χ0) is 11.0. The Morgan fingerprint density at radius 1 is 1.00 bits per heavy atom. The summed E-state index contributed by atoms with van der Waals surface area (Å²) < 4.78 is 0. The monoisotopic (exact) mass is 221 g/mol. The lowest BCUT2D eigenvalue weighted by molar-refractivity contribution is 0.272. The molecule has 0 aliphatic heterocycles. The summed E-state index contributed by atoms with van der Waals surface area (Å²) in [6.45, 7) is 5.06. The van der Waals surface area contributed by atoms with Crippen LogP contribution in [0.5, 0.6) is 0 Å². The number of rotatable bonds is 5. The van der Waals surface area contributed by atoms with Gasteiger partial charge >= 0.3 is 0 Å². The van der Waals surface area contributed by atoms with E-state index in [0.29, 0.717) is 0 Å². The highest BCUT2D eigenvalue weighted by Crippen LogP contribution is 2.60. The van der Waals surface area contributed by atoms with E-state index >= 15 is 0 Å². The Bertz CT molecular complexity index is 232. The van der Waals surface area contributed by atoms with Gasteiger partial charge in [-0.05, 0) is 68.2 Å². The van der Waals surface area contributed by atoms with Crippen LogP contribution in [0.25, 0.3) is 0 Å². The minimum atomic E-state index is 0.794. The second kappa shape index (κ2) is 4.33. The van der Waals surface area contributed by atoms with Crippen molar-refractivity contribution in [3.05, 3.63) is 0 Å². The van der Waals surface area contributed by atoms with Gasteiger partial charge in [0.15, 0.2) is 0 Å². The summed E-state index contributed by atoms with van der Waals surface area (Å²) in [5.74, 6) is 3.11. The molecule has 0 amide bonds. The quantitative estimate of drug-likeness (QED) is 0.748. The van der Waals surface area contributed by atoms with Crippen molar-refractivity contribution >= 4 is 0 Å². The molecule has 3 aliphatic carbocycles. The smallest absolute Gasteiger partial charge is 0.00106 e. The third-order valence-electron chi connectivity index (χ3n) is 5.38. The summed E-state index contributed by atoms with van der Waals surface area (Å²) in [5, 5.41) is 3.79. The SMILES string of the molecule is CC1CCC(CNCC2(C3CC3)CC2)CC1. The van der Waals surface area contributed by atoms with E-state index in [9.17, 15) is 0 Å². The van der Waals surface area contributed by atoms with Crippen LogP contribution in [0, 0.1) is 23.2 Å². The normalized spacial score (nSPS) is 37.3. The van der Waals surface area contributed by atoms with Crippen molar-refractivity contribution in [3.8, 4) is 0 Å². The van der Waals surface area contributed by atoms with Gasteiger partial charge in [0.1, 0.15) is 0 Å². The number of hydrogen-bond donors (Lipinski definition) is 1. The van der Waals surface area contributed by atoms with Gasteiger partial charge in [0.05, 0.1) is 0 Å². The summed E-state index contributed by atoms with van der Waals surface area (Å²) in [6.07, 6.45) is 12.0. The maximum atomic E-state index is 3.79. The predicted molar refractivity (Wildman–Crippen MR) is 68.4 cm³/mol. The molecule has 1 heteroatoms. The minimum absolute atomic E-state index is 0.794. The largest absolute Gasteiger partial charge is 0.316 e. The maximum absolute atomic E-state index is 3.79. The average molecular weight is 221 g/mol. The Balaban J connectivity index is 1.34. The lowest BCUT2D eigenvalue weighted by Gasteiger charge is -2.27. The van der Waals surface area contributed by atoms with Gasteiger partial charge in [0, 0.05) is 6.54 Å². The standard InChI is InChI=1S/C15H27N/c1-12-2-4-13(5-3-12)10-16-11-15(8-9-15)14-6-7-14/h12-14,16H,2-11H2,1H3. The fourth-order valence-corrected chi connectivity index (χ4v) is 3.64. The van der Waals surface area contributed by atoms with E-state index in [0.717, 1.165) is 23.2 Å². The maximum Gasteiger partial charge on any atom is 0.00106 e. The molecular weight excluding hydrogens is 194 g/mol. The Morgan fingerprint density at radius 3 is 2.25 bits per heavy atom. The summed E-state index contributed by atoms with van der Waals surface area (Å²) in [7, 11) is 0. The van der Waals surface area contributed by atoms with Crippen LogP contribution >= 0.6 is 0 Å². The van der Waals surface area contributed by atoms with Crippen molar-refractivity contribution in [1.29, 1.82) is 0 Å². The van der Waals surface area contributed by atoms with E-state index in [4.69, 9.17) is 0 Å². The molecule has 0 bridgehead atoms. The Hall–Kier alpha value is -0.0400. The van der Waals surface area contributed by atoms with Crippen molar-refractivity contribution in [2.75, 3.05) is 13.1 Å². The molecule has 3 fully saturated rings. The molecule has 0 aromatic carbocycles. The number of nitrogens with one attached hydrogen (secondary N) is 1. The van der Waals surface area contributed by atoms with Crippen LogP contribution in [-0.4, -0.2) is 13.1 Å². The summed E-state index contributed by atoms with van der Waals surface area (Å²) in [6, 6.07) is 0. The van der Waals surface area contributed by atoms with Crippen molar-refractivity contribution in [3.63, 3.8) is 0 Å². The summed E-state index contributed by atoms with van der Waals surface area (Å²) >= 11 is 0. The van der Waals surface area contributed by atoms with Crippen LogP contribution in [0.15, 0.2) is 0 Å². The van der Waals surface area contributed by atoms with Crippen LogP contribution in [0.3, 0.4) is 0 Å². The van der Waals surface area contributed by atoms with E-state index in [-0.39, 0.29) is 0 Å². The topological polar surface area (TPSA) is 12.0 Å². The second-order valence-corrected chi connectivity index (χ2v) is 6.89. The zero-order valence-electron chi connectivity index (χ0n) is 10.8. The molecule has 3 aliphatic rings. The molecule has 92 valence electrons. The van der Waals surface area contributed by atoms with E-state index in [1.807, 2.05) is 0 Å². The molecule has 3 saturated carbocycles. The van der Waals surface area contributed by atoms with Crippen LogP contribution < -0.4 is 5.32 Å². The van der Waals surface area contributed by atoms with Gasteiger partial charge in [-0.2, -0.15) is 0 Å². The molecule has 0 atom stereocenters. The van der Waals surface area contributed by atoms with Gasteiger partial charge in [0.2, 0.25) is 0 Å². The first-order valence-electron chi connectivity index (χ1n) is 7.49. The van der Waals surface area contributed by atoms with Crippen LogP contribution in [-0.2, 0) is 0 Å². The van der Waals surface area contributed by atoms with E-state index in [2.05, 4.69) is 12.2 Å². The molecule has 0 aromatic rings. The Morgan fingerprint density at radius 2 is 1.69 bits per heavy atom. The van der Waals surface area contributed by atoms with Crippen molar-refractivity contribution in [1.82, 2.24) is 5.32 Å². The van der Waals surface area contributed by atoms with Crippen LogP contribution in [0.1, 0.15) is 58.3 Å². The molecule has 0 spiro atoms. The second-order valence-electron chi connectivity index (χ2n) is 6.89. The van der Waals surface area contributed by atoms with Crippen LogP contribution in [0.4, 0.5) is 0 Å². The third kappa shape index (κ3) is 2.45. The lowest BCUT2D eigenvalue weighted by atomic mass is 9.83. The van der Waals surface area contributed by atoms with Crippen molar-refractivity contribution in [2.45, 2.75) is 58.3 Å². The highest BCUT2D eigenvalue weighted by Gasteiger charge is 2.53. The molecule has 0 unspecified atom stereocenters. The van der Waals surface area contributed by atoms with Gasteiger partial charge in [-0.3, -0.25) is 0 Å². The fraction of sp³-hybridized carbons (Fsp3) is 1.00. The molecular formula is C15H27N. The molecule has 0 radical (unpaired) electrons. The fourth-order valence-electron chi connectivity index (χ4n) is 3.64. The van der Waals surface area contributed by atoms with Gasteiger partial charge in [-0.15, -0.1) is 0 Å². The summed E-state index contributed by atoms with van der Waals surface area (Å²) in [4.78, 5) is 0. The number of hydrogen-bond acceptors (Lipinski definition) is 1. The molecule has 3 rings (SSSR count). The Kier molecular flexibility index (Phi) is 2.99. The molecule has 1 nitrogen and oxygen atoms in total. The van der Waals surface area contributed by atoms with E-state index in [1.54, 1.807) is 0 Å². The van der Waals surface area contributed by atoms with Crippen LogP contribution in [0.2, 0.25) is 0 Å². The van der Waals surface area contributed by atoms with Crippen molar-refractivity contribution < 1.29 is 0 Å². The van der Waals surface area contributed by atoms with Gasteiger partial charge in [-0.25, -0.2) is 0 Å². The third-order valence-corrected chi connectivity index (χ3v) is 5.38. The van der Waals surface area contributed by atoms with Gasteiger partial charge in [0.25, 0.3) is 0 Å². The molecule has 0 aromatic heterocycles.